The molecule has 0 radical (unpaired) electrons. The van der Waals surface area contributed by atoms with Crippen LogP contribution >= 0.6 is 0 Å². The molecule has 2 heteroatoms. The van der Waals surface area contributed by atoms with E-state index in [0.717, 1.165) is 30.7 Å². The van der Waals surface area contributed by atoms with Crippen LogP contribution in [0.25, 0.3) is 0 Å². The van der Waals surface area contributed by atoms with E-state index >= 15 is 0 Å². The van der Waals surface area contributed by atoms with Gasteiger partial charge < -0.3 is 9.80 Å². The van der Waals surface area contributed by atoms with Gasteiger partial charge in [0.25, 0.3) is 0 Å². The van der Waals surface area contributed by atoms with Gasteiger partial charge in [-0.2, -0.15) is 0 Å². The molecule has 0 atom stereocenters. The summed E-state index contributed by atoms with van der Waals surface area (Å²) in [6.07, 6.45) is 5.11. The second-order valence-corrected chi connectivity index (χ2v) is 6.33. The Hall–Kier alpha value is -0.660. The SMILES string of the molecule is C=C(N(C)CCCC(C)C)N(C)CCCC(C)C. The lowest BCUT2D eigenvalue weighted by Crippen LogP contribution is -2.31. The molecule has 0 unspecified atom stereocenters. The Kier molecular flexibility index (Phi) is 8.95. The molecule has 0 saturated carbocycles. The Morgan fingerprint density at radius 1 is 0.833 bits per heavy atom. The maximum Gasteiger partial charge on any atom is 0.0959 e. The van der Waals surface area contributed by atoms with Gasteiger partial charge in [-0.1, -0.05) is 34.3 Å². The summed E-state index contributed by atoms with van der Waals surface area (Å²) in [7, 11) is 4.31. The minimum atomic E-state index is 0.801. The Bertz CT molecular complexity index is 199. The first-order chi connectivity index (χ1) is 8.34. The molecule has 0 rings (SSSR count). The molecule has 0 N–H and O–H groups in total. The van der Waals surface area contributed by atoms with Crippen LogP contribution in [-0.2, 0) is 0 Å². The predicted octanol–water partition coefficient (Wildman–Crippen LogP) is 4.19. The van der Waals surface area contributed by atoms with Crippen LogP contribution in [0.4, 0.5) is 0 Å². The van der Waals surface area contributed by atoms with Crippen LogP contribution in [0, 0.1) is 11.8 Å². The molecule has 2 nitrogen and oxygen atoms in total. The van der Waals surface area contributed by atoms with Crippen LogP contribution in [0.2, 0.25) is 0 Å². The molecule has 0 bridgehead atoms. The summed E-state index contributed by atoms with van der Waals surface area (Å²) in [6, 6.07) is 0. The van der Waals surface area contributed by atoms with Crippen molar-refractivity contribution in [3.63, 3.8) is 0 Å². The molecule has 0 aliphatic heterocycles. The lowest BCUT2D eigenvalue weighted by atomic mass is 10.1. The van der Waals surface area contributed by atoms with Crippen LogP contribution < -0.4 is 0 Å². The minimum Gasteiger partial charge on any atom is -0.362 e. The van der Waals surface area contributed by atoms with E-state index in [9.17, 15) is 0 Å². The zero-order valence-electron chi connectivity index (χ0n) is 13.5. The third-order valence-electron chi connectivity index (χ3n) is 3.43. The monoisotopic (exact) mass is 254 g/mol. The highest BCUT2D eigenvalue weighted by Crippen LogP contribution is 2.11. The molecule has 0 heterocycles. The van der Waals surface area contributed by atoms with Crippen LogP contribution in [-0.4, -0.2) is 37.0 Å². The van der Waals surface area contributed by atoms with Crippen molar-refractivity contribution in [2.45, 2.75) is 53.4 Å². The van der Waals surface area contributed by atoms with Gasteiger partial charge in [0.15, 0.2) is 0 Å². The first-order valence-corrected chi connectivity index (χ1v) is 7.45. The van der Waals surface area contributed by atoms with Gasteiger partial charge >= 0.3 is 0 Å². The first kappa shape index (κ1) is 17.3. The van der Waals surface area contributed by atoms with Crippen molar-refractivity contribution >= 4 is 0 Å². The fourth-order valence-electron chi connectivity index (χ4n) is 2.02. The highest BCUT2D eigenvalue weighted by molar-refractivity contribution is 4.90. The van der Waals surface area contributed by atoms with Crippen LogP contribution in [0.15, 0.2) is 12.4 Å². The summed E-state index contributed by atoms with van der Waals surface area (Å²) >= 11 is 0. The van der Waals surface area contributed by atoms with Crippen molar-refractivity contribution < 1.29 is 0 Å². The zero-order chi connectivity index (χ0) is 14.1. The Labute approximate surface area is 115 Å². The molecule has 0 aromatic rings. The highest BCUT2D eigenvalue weighted by atomic mass is 15.3. The maximum absolute atomic E-state index is 4.20. The molecule has 108 valence electrons. The maximum atomic E-state index is 4.20. The van der Waals surface area contributed by atoms with Crippen molar-refractivity contribution in [3.05, 3.63) is 12.4 Å². The minimum absolute atomic E-state index is 0.801. The molecule has 0 aromatic heterocycles. The lowest BCUT2D eigenvalue weighted by molar-refractivity contribution is 0.257. The van der Waals surface area contributed by atoms with Gasteiger partial charge in [0.05, 0.1) is 5.82 Å². The van der Waals surface area contributed by atoms with Gasteiger partial charge in [-0.3, -0.25) is 0 Å². The van der Waals surface area contributed by atoms with E-state index in [4.69, 9.17) is 0 Å². The van der Waals surface area contributed by atoms with Crippen LogP contribution in [0.5, 0.6) is 0 Å². The van der Waals surface area contributed by atoms with Gasteiger partial charge in [0.2, 0.25) is 0 Å². The molecule has 0 aliphatic rings. The number of hydrogen-bond acceptors (Lipinski definition) is 2. The van der Waals surface area contributed by atoms with E-state index in [1.165, 1.54) is 25.7 Å². The van der Waals surface area contributed by atoms with E-state index in [1.807, 2.05) is 0 Å². The van der Waals surface area contributed by atoms with E-state index in [1.54, 1.807) is 0 Å². The van der Waals surface area contributed by atoms with Gasteiger partial charge in [0, 0.05) is 27.2 Å². The van der Waals surface area contributed by atoms with Crippen molar-refractivity contribution in [2.24, 2.45) is 11.8 Å². The molecule has 0 fully saturated rings. The molecule has 0 saturated heterocycles. The fraction of sp³-hybridized carbons (Fsp3) is 0.875. The van der Waals surface area contributed by atoms with E-state index < -0.39 is 0 Å². The number of nitrogens with zero attached hydrogens (tertiary/aromatic N) is 2. The summed E-state index contributed by atoms with van der Waals surface area (Å²) in [6.45, 7) is 15.6. The molecular formula is C16H34N2. The van der Waals surface area contributed by atoms with Gasteiger partial charge in [0.1, 0.15) is 0 Å². The normalized spacial score (nSPS) is 11.1. The summed E-state index contributed by atoms with van der Waals surface area (Å²) in [5.74, 6) is 2.76. The summed E-state index contributed by atoms with van der Waals surface area (Å²) in [4.78, 5) is 4.58. The van der Waals surface area contributed by atoms with Gasteiger partial charge in [-0.25, -0.2) is 0 Å². The van der Waals surface area contributed by atoms with E-state index in [-0.39, 0.29) is 0 Å². The lowest BCUT2D eigenvalue weighted by Gasteiger charge is -2.30. The average molecular weight is 254 g/mol. The molecule has 0 aromatic carbocycles. The quantitative estimate of drug-likeness (QED) is 0.576. The van der Waals surface area contributed by atoms with Crippen LogP contribution in [0.1, 0.15) is 53.4 Å². The van der Waals surface area contributed by atoms with Gasteiger partial charge in [-0.05, 0) is 37.5 Å². The van der Waals surface area contributed by atoms with Crippen LogP contribution in [0.3, 0.4) is 0 Å². The third kappa shape index (κ3) is 8.43. The molecule has 0 amide bonds. The second-order valence-electron chi connectivity index (χ2n) is 6.33. The third-order valence-corrected chi connectivity index (χ3v) is 3.43. The van der Waals surface area contributed by atoms with Crippen molar-refractivity contribution in [1.29, 1.82) is 0 Å². The highest BCUT2D eigenvalue weighted by Gasteiger charge is 2.07. The first-order valence-electron chi connectivity index (χ1n) is 7.45. The second kappa shape index (κ2) is 9.29. The topological polar surface area (TPSA) is 6.48 Å². The summed E-state index contributed by atoms with van der Waals surface area (Å²) in [5.41, 5.74) is 0. The summed E-state index contributed by atoms with van der Waals surface area (Å²) in [5, 5.41) is 0. The Morgan fingerprint density at radius 3 is 1.44 bits per heavy atom. The van der Waals surface area contributed by atoms with E-state index in [2.05, 4.69) is 58.2 Å². The number of hydrogen-bond donors (Lipinski definition) is 0. The Morgan fingerprint density at radius 2 is 1.17 bits per heavy atom. The smallest absolute Gasteiger partial charge is 0.0959 e. The molecule has 0 aliphatic carbocycles. The summed E-state index contributed by atoms with van der Waals surface area (Å²) < 4.78 is 0. The van der Waals surface area contributed by atoms with E-state index in [0.29, 0.717) is 0 Å². The largest absolute Gasteiger partial charge is 0.362 e. The molecule has 0 spiro atoms. The van der Waals surface area contributed by atoms with Crippen molar-refractivity contribution in [2.75, 3.05) is 27.2 Å². The Balaban J connectivity index is 3.82. The molecular weight excluding hydrogens is 220 g/mol. The predicted molar refractivity (Wildman–Crippen MR) is 82.5 cm³/mol. The van der Waals surface area contributed by atoms with Gasteiger partial charge in [-0.15, -0.1) is 0 Å². The van der Waals surface area contributed by atoms with Crippen molar-refractivity contribution in [1.82, 2.24) is 9.80 Å². The van der Waals surface area contributed by atoms with Crippen molar-refractivity contribution in [3.8, 4) is 0 Å². The number of rotatable bonds is 10. The zero-order valence-corrected chi connectivity index (χ0v) is 13.5. The molecule has 18 heavy (non-hydrogen) atoms. The average Bonchev–Trinajstić information content (AvgIpc) is 2.26. The fourth-order valence-corrected chi connectivity index (χ4v) is 2.02. The standard InChI is InChI=1S/C16H34N2/c1-14(2)10-8-12-17(6)16(5)18(7)13-9-11-15(3)4/h14-15H,5,8-13H2,1-4,6-7H3.